The van der Waals surface area contributed by atoms with E-state index in [1.807, 2.05) is 0 Å². The zero-order valence-corrected chi connectivity index (χ0v) is 29.6. The Morgan fingerprint density at radius 2 is 0.741 bits per heavy atom. The molecular formula is C52H35NO. The second-order valence-electron chi connectivity index (χ2n) is 13.7. The van der Waals surface area contributed by atoms with Gasteiger partial charge in [0, 0.05) is 28.2 Å². The summed E-state index contributed by atoms with van der Waals surface area (Å²) in [5, 5.41) is 2.30. The Bertz CT molecular complexity index is 2670. The summed E-state index contributed by atoms with van der Waals surface area (Å²) in [6, 6.07) is 75.8. The first-order chi connectivity index (χ1) is 26.8. The summed E-state index contributed by atoms with van der Waals surface area (Å²) >= 11 is 0. The first kappa shape index (κ1) is 31.6. The van der Waals surface area contributed by atoms with E-state index in [-0.39, 0.29) is 0 Å². The molecule has 0 fully saturated rings. The van der Waals surface area contributed by atoms with Crippen molar-refractivity contribution in [2.45, 2.75) is 0 Å². The number of rotatable bonds is 6. The zero-order valence-electron chi connectivity index (χ0n) is 29.6. The van der Waals surface area contributed by atoms with Crippen LogP contribution in [0.1, 0.15) is 0 Å². The summed E-state index contributed by atoms with van der Waals surface area (Å²) in [5.41, 5.74) is 14.9. The van der Waals surface area contributed by atoms with Crippen LogP contribution in [0.3, 0.4) is 0 Å². The van der Waals surface area contributed by atoms with Gasteiger partial charge in [-0.15, -0.1) is 0 Å². The highest BCUT2D eigenvalue weighted by molar-refractivity contribution is 6.06. The van der Waals surface area contributed by atoms with Gasteiger partial charge in [-0.2, -0.15) is 0 Å². The highest BCUT2D eigenvalue weighted by Gasteiger charge is 2.24. The molecule has 254 valence electrons. The molecule has 2 nitrogen and oxygen atoms in total. The minimum Gasteiger partial charge on any atom is -0.456 e. The average Bonchev–Trinajstić information content (AvgIpc) is 3.39. The van der Waals surface area contributed by atoms with E-state index in [0.717, 1.165) is 67.2 Å². The Morgan fingerprint density at radius 1 is 0.296 bits per heavy atom. The largest absolute Gasteiger partial charge is 0.456 e. The number of anilines is 3. The lowest BCUT2D eigenvalue weighted by molar-refractivity contribution is 0.488. The van der Waals surface area contributed by atoms with Crippen LogP contribution in [-0.4, -0.2) is 0 Å². The molecule has 0 N–H and O–H groups in total. The molecule has 0 saturated carbocycles. The summed E-state index contributed by atoms with van der Waals surface area (Å²) in [7, 11) is 0. The fourth-order valence-electron chi connectivity index (χ4n) is 7.80. The molecule has 0 radical (unpaired) electrons. The van der Waals surface area contributed by atoms with Crippen molar-refractivity contribution in [2.24, 2.45) is 0 Å². The van der Waals surface area contributed by atoms with Gasteiger partial charge in [0.1, 0.15) is 11.5 Å². The Balaban J connectivity index is 1.13. The van der Waals surface area contributed by atoms with Gasteiger partial charge in [0.15, 0.2) is 0 Å². The fourth-order valence-corrected chi connectivity index (χ4v) is 7.80. The summed E-state index contributed by atoms with van der Waals surface area (Å²) in [5.74, 6) is 1.71. The molecule has 2 heteroatoms. The smallest absolute Gasteiger partial charge is 0.135 e. The lowest BCUT2D eigenvalue weighted by atomic mass is 9.90. The third-order valence-electron chi connectivity index (χ3n) is 10.5. The van der Waals surface area contributed by atoms with Crippen molar-refractivity contribution in [3.63, 3.8) is 0 Å². The van der Waals surface area contributed by atoms with Gasteiger partial charge in [0.2, 0.25) is 0 Å². The molecule has 0 aromatic heterocycles. The van der Waals surface area contributed by atoms with E-state index in [0.29, 0.717) is 0 Å². The number of hydrogen-bond donors (Lipinski definition) is 0. The van der Waals surface area contributed by atoms with Crippen LogP contribution < -0.4 is 9.64 Å². The molecule has 0 spiro atoms. The van der Waals surface area contributed by atoms with Crippen molar-refractivity contribution >= 4 is 27.8 Å². The van der Waals surface area contributed by atoms with Crippen LogP contribution in [0.25, 0.3) is 66.4 Å². The molecule has 54 heavy (non-hydrogen) atoms. The van der Waals surface area contributed by atoms with Crippen molar-refractivity contribution in [2.75, 3.05) is 4.90 Å². The maximum Gasteiger partial charge on any atom is 0.135 e. The van der Waals surface area contributed by atoms with Crippen molar-refractivity contribution in [1.29, 1.82) is 0 Å². The second kappa shape index (κ2) is 13.4. The molecule has 9 aromatic carbocycles. The highest BCUT2D eigenvalue weighted by Crippen LogP contribution is 2.51. The van der Waals surface area contributed by atoms with Gasteiger partial charge in [-0.25, -0.2) is 0 Å². The SMILES string of the molecule is c1ccc(-c2ccc(N(c3ccc(-c4ccccc4)cc3)c3ccc4ccc5c(c4c3)-c3ccccc3-c3cc(-c4ccccc4)ccc3O5)cc2)cc1. The third kappa shape index (κ3) is 5.71. The first-order valence-electron chi connectivity index (χ1n) is 18.4. The predicted molar refractivity (Wildman–Crippen MR) is 226 cm³/mol. The van der Waals surface area contributed by atoms with Crippen LogP contribution in [0.15, 0.2) is 212 Å². The molecule has 9 aromatic rings. The maximum atomic E-state index is 6.85. The molecule has 0 aliphatic carbocycles. The predicted octanol–water partition coefficient (Wildman–Crippen LogP) is 14.8. The van der Waals surface area contributed by atoms with Crippen LogP contribution in [-0.2, 0) is 0 Å². The van der Waals surface area contributed by atoms with E-state index in [2.05, 4.69) is 217 Å². The molecule has 0 amide bonds. The Morgan fingerprint density at radius 3 is 1.33 bits per heavy atom. The van der Waals surface area contributed by atoms with Gasteiger partial charge in [-0.1, -0.05) is 158 Å². The van der Waals surface area contributed by atoms with Crippen LogP contribution in [0.4, 0.5) is 17.1 Å². The van der Waals surface area contributed by atoms with Crippen molar-refractivity contribution in [3.8, 4) is 67.1 Å². The van der Waals surface area contributed by atoms with E-state index >= 15 is 0 Å². The minimum atomic E-state index is 0.851. The van der Waals surface area contributed by atoms with Crippen molar-refractivity contribution in [1.82, 2.24) is 0 Å². The van der Waals surface area contributed by atoms with Gasteiger partial charge in [0.25, 0.3) is 0 Å². The molecule has 1 aliphatic heterocycles. The van der Waals surface area contributed by atoms with Gasteiger partial charge in [-0.05, 0) is 110 Å². The Labute approximate surface area is 315 Å². The minimum absolute atomic E-state index is 0.851. The summed E-state index contributed by atoms with van der Waals surface area (Å²) in [6.45, 7) is 0. The third-order valence-corrected chi connectivity index (χ3v) is 10.5. The van der Waals surface area contributed by atoms with Crippen LogP contribution in [0.5, 0.6) is 11.5 Å². The zero-order chi connectivity index (χ0) is 35.8. The number of nitrogens with zero attached hydrogens (tertiary/aromatic N) is 1. The van der Waals surface area contributed by atoms with Crippen molar-refractivity contribution in [3.05, 3.63) is 212 Å². The lowest BCUT2D eigenvalue weighted by Crippen LogP contribution is -2.10. The normalized spacial score (nSPS) is 11.5. The van der Waals surface area contributed by atoms with Crippen molar-refractivity contribution < 1.29 is 4.74 Å². The Hall–Kier alpha value is -7.16. The number of hydrogen-bond acceptors (Lipinski definition) is 2. The van der Waals surface area contributed by atoms with E-state index in [1.165, 1.54) is 27.8 Å². The van der Waals surface area contributed by atoms with E-state index < -0.39 is 0 Å². The monoisotopic (exact) mass is 689 g/mol. The molecule has 0 bridgehead atoms. The summed E-state index contributed by atoms with van der Waals surface area (Å²) in [4.78, 5) is 2.35. The van der Waals surface area contributed by atoms with Gasteiger partial charge >= 0.3 is 0 Å². The van der Waals surface area contributed by atoms with E-state index in [4.69, 9.17) is 4.74 Å². The first-order valence-corrected chi connectivity index (χ1v) is 18.4. The van der Waals surface area contributed by atoms with E-state index in [1.54, 1.807) is 0 Å². The fraction of sp³-hybridized carbons (Fsp3) is 0. The lowest BCUT2D eigenvalue weighted by Gasteiger charge is -2.27. The molecule has 0 unspecified atom stereocenters. The topological polar surface area (TPSA) is 12.5 Å². The summed E-state index contributed by atoms with van der Waals surface area (Å²) < 4.78 is 6.85. The average molecular weight is 690 g/mol. The standard InChI is InChI=1S/C52H35NO/c1-4-12-36(13-5-1)39-20-27-43(28-21-39)53(44-29-22-40(23-30-44)37-14-6-2-7-15-37)45-31-24-41-25-33-51-52(48(41)35-45)47-19-11-10-18-46(47)49-34-42(26-32-50(49)54-51)38-16-8-3-9-17-38/h1-35H. The molecular weight excluding hydrogens is 655 g/mol. The molecule has 1 aliphatic rings. The van der Waals surface area contributed by atoms with Crippen LogP contribution in [0, 0.1) is 0 Å². The van der Waals surface area contributed by atoms with Gasteiger partial charge in [-0.3, -0.25) is 0 Å². The molecule has 0 saturated heterocycles. The number of fused-ring (bicyclic) bond motifs is 7. The van der Waals surface area contributed by atoms with Gasteiger partial charge < -0.3 is 9.64 Å². The quantitative estimate of drug-likeness (QED) is 0.172. The van der Waals surface area contributed by atoms with E-state index in [9.17, 15) is 0 Å². The summed E-state index contributed by atoms with van der Waals surface area (Å²) in [6.07, 6.45) is 0. The molecule has 1 heterocycles. The number of ether oxygens (including phenoxy) is 1. The maximum absolute atomic E-state index is 6.85. The van der Waals surface area contributed by atoms with Crippen LogP contribution >= 0.6 is 0 Å². The Kier molecular flexibility index (Phi) is 7.85. The molecule has 0 atom stereocenters. The molecule has 10 rings (SSSR count). The highest BCUT2D eigenvalue weighted by atomic mass is 16.5. The number of benzene rings is 9. The van der Waals surface area contributed by atoms with Gasteiger partial charge in [0.05, 0.1) is 0 Å². The van der Waals surface area contributed by atoms with Crippen LogP contribution in [0.2, 0.25) is 0 Å². The second-order valence-corrected chi connectivity index (χ2v) is 13.7.